The van der Waals surface area contributed by atoms with Gasteiger partial charge in [0.15, 0.2) is 5.58 Å². The molecule has 244 valence electrons. The van der Waals surface area contributed by atoms with Crippen LogP contribution in [0.4, 0.5) is 0 Å². The molecule has 0 aliphatic rings. The predicted molar refractivity (Wildman–Crippen MR) is 213 cm³/mol. The first kappa shape index (κ1) is 29.8. The number of fused-ring (bicyclic) bond motifs is 5. The van der Waals surface area contributed by atoms with Crippen molar-refractivity contribution in [2.75, 3.05) is 0 Å². The van der Waals surface area contributed by atoms with E-state index >= 15 is 0 Å². The van der Waals surface area contributed by atoms with E-state index in [-0.39, 0.29) is 0 Å². The Morgan fingerprint density at radius 1 is 0.385 bits per heavy atom. The maximum Gasteiger partial charge on any atom is 0.227 e. The van der Waals surface area contributed by atoms with Crippen LogP contribution in [0.5, 0.6) is 0 Å². The van der Waals surface area contributed by atoms with E-state index in [4.69, 9.17) is 14.4 Å². The Hall–Kier alpha value is -7.04. The topological polar surface area (TPSA) is 43.9 Å². The van der Waals surface area contributed by atoms with Crippen LogP contribution in [-0.2, 0) is 0 Å². The summed E-state index contributed by atoms with van der Waals surface area (Å²) >= 11 is 0. The minimum Gasteiger partial charge on any atom is -0.435 e. The number of oxazole rings is 1. The van der Waals surface area contributed by atoms with Crippen LogP contribution in [0.3, 0.4) is 0 Å². The molecule has 0 spiro atoms. The maximum absolute atomic E-state index is 6.49. The summed E-state index contributed by atoms with van der Waals surface area (Å²) in [6.45, 7) is 0. The molecule has 4 heteroatoms. The van der Waals surface area contributed by atoms with E-state index in [0.717, 1.165) is 77.8 Å². The zero-order valence-electron chi connectivity index (χ0n) is 28.1. The van der Waals surface area contributed by atoms with Crippen LogP contribution in [0.15, 0.2) is 192 Å². The molecule has 0 atom stereocenters. The van der Waals surface area contributed by atoms with Crippen LogP contribution in [0.25, 0.3) is 94.8 Å². The number of pyridine rings is 1. The summed E-state index contributed by atoms with van der Waals surface area (Å²) in [5.74, 6) is 0.626. The van der Waals surface area contributed by atoms with Gasteiger partial charge in [-0.1, -0.05) is 133 Å². The van der Waals surface area contributed by atoms with E-state index < -0.39 is 0 Å². The number of para-hydroxylation sites is 1. The van der Waals surface area contributed by atoms with Crippen LogP contribution >= 0.6 is 0 Å². The largest absolute Gasteiger partial charge is 0.435 e. The SMILES string of the molecule is c1ccc(-c2ccc(-c3cc(-c4ccccc4)nc(-c4ccc(-n5c6ccccc6c6c7oc(-c8ccccc8)nc7ccc65)cc4)c3)cc2)cc1. The quantitative estimate of drug-likeness (QED) is 0.178. The number of nitrogens with zero attached hydrogens (tertiary/aromatic N) is 3. The van der Waals surface area contributed by atoms with Crippen molar-refractivity contribution in [3.8, 4) is 61.9 Å². The molecule has 10 aromatic rings. The van der Waals surface area contributed by atoms with Crippen molar-refractivity contribution < 1.29 is 4.42 Å². The van der Waals surface area contributed by atoms with Gasteiger partial charge in [-0.2, -0.15) is 0 Å². The number of hydrogen-bond acceptors (Lipinski definition) is 3. The minimum atomic E-state index is 0.626. The van der Waals surface area contributed by atoms with Gasteiger partial charge in [-0.3, -0.25) is 0 Å². The van der Waals surface area contributed by atoms with Crippen LogP contribution in [-0.4, -0.2) is 14.5 Å². The summed E-state index contributed by atoms with van der Waals surface area (Å²) < 4.78 is 8.80. The van der Waals surface area contributed by atoms with Crippen LogP contribution in [0, 0.1) is 0 Å². The maximum atomic E-state index is 6.49. The Kier molecular flexibility index (Phi) is 7.10. The van der Waals surface area contributed by atoms with Gasteiger partial charge in [0.1, 0.15) is 5.52 Å². The standard InChI is InChI=1S/C48H31N3O/c1-4-12-32(13-5-1)33-20-22-34(23-21-33)38-30-42(35-14-6-2-7-15-35)49-43(31-38)36-24-26-39(27-25-36)51-44-19-11-10-18-40(44)46-45(51)29-28-41-47(46)52-48(50-41)37-16-8-3-9-17-37/h1-31H. The zero-order chi connectivity index (χ0) is 34.4. The lowest BCUT2D eigenvalue weighted by molar-refractivity contribution is 0.623. The molecule has 52 heavy (non-hydrogen) atoms. The number of aromatic nitrogens is 3. The third-order valence-electron chi connectivity index (χ3n) is 9.85. The molecule has 4 nitrogen and oxygen atoms in total. The van der Waals surface area contributed by atoms with Crippen molar-refractivity contribution >= 4 is 32.9 Å². The Balaban J connectivity index is 1.07. The summed E-state index contributed by atoms with van der Waals surface area (Å²) in [4.78, 5) is 10.1. The van der Waals surface area contributed by atoms with E-state index in [1.807, 2.05) is 42.5 Å². The normalized spacial score (nSPS) is 11.5. The smallest absolute Gasteiger partial charge is 0.227 e. The highest BCUT2D eigenvalue weighted by molar-refractivity contribution is 6.19. The third kappa shape index (κ3) is 5.17. The molecule has 3 aromatic heterocycles. The Labute approximate surface area is 300 Å². The third-order valence-corrected chi connectivity index (χ3v) is 9.85. The van der Waals surface area contributed by atoms with Crippen molar-refractivity contribution in [2.45, 2.75) is 0 Å². The van der Waals surface area contributed by atoms with E-state index in [2.05, 4.69) is 150 Å². The second-order valence-corrected chi connectivity index (χ2v) is 13.0. The monoisotopic (exact) mass is 665 g/mol. The molecule has 0 amide bonds. The number of hydrogen-bond donors (Lipinski definition) is 0. The Morgan fingerprint density at radius 3 is 1.58 bits per heavy atom. The predicted octanol–water partition coefficient (Wildman–Crippen LogP) is 12.7. The first-order valence-electron chi connectivity index (χ1n) is 17.5. The van der Waals surface area contributed by atoms with Gasteiger partial charge < -0.3 is 8.98 Å². The lowest BCUT2D eigenvalue weighted by Crippen LogP contribution is -1.95. The van der Waals surface area contributed by atoms with Gasteiger partial charge in [-0.15, -0.1) is 0 Å². The highest BCUT2D eigenvalue weighted by Gasteiger charge is 2.19. The molecule has 0 saturated heterocycles. The average molecular weight is 666 g/mol. The minimum absolute atomic E-state index is 0.626. The summed E-state index contributed by atoms with van der Waals surface area (Å²) in [6, 6.07) is 65.6. The van der Waals surface area contributed by atoms with E-state index in [1.165, 1.54) is 11.1 Å². The first-order valence-corrected chi connectivity index (χ1v) is 17.5. The molecular formula is C48H31N3O. The molecule has 0 unspecified atom stereocenters. The molecule has 0 N–H and O–H groups in total. The van der Waals surface area contributed by atoms with E-state index in [9.17, 15) is 0 Å². The fourth-order valence-electron chi connectivity index (χ4n) is 7.29. The highest BCUT2D eigenvalue weighted by atomic mass is 16.3. The van der Waals surface area contributed by atoms with Gasteiger partial charge in [0.05, 0.1) is 27.8 Å². The lowest BCUT2D eigenvalue weighted by atomic mass is 9.97. The van der Waals surface area contributed by atoms with Crippen molar-refractivity contribution in [3.05, 3.63) is 188 Å². The molecule has 0 bridgehead atoms. The number of rotatable bonds is 6. The molecule has 10 rings (SSSR count). The van der Waals surface area contributed by atoms with Crippen LogP contribution in [0.1, 0.15) is 0 Å². The van der Waals surface area contributed by atoms with Crippen molar-refractivity contribution in [2.24, 2.45) is 0 Å². The van der Waals surface area contributed by atoms with Gasteiger partial charge in [-0.05, 0) is 76.9 Å². The average Bonchev–Trinajstić information content (AvgIpc) is 3.82. The summed E-state index contributed by atoms with van der Waals surface area (Å²) in [7, 11) is 0. The van der Waals surface area contributed by atoms with E-state index in [0.29, 0.717) is 5.89 Å². The summed E-state index contributed by atoms with van der Waals surface area (Å²) in [5.41, 5.74) is 14.5. The van der Waals surface area contributed by atoms with Crippen molar-refractivity contribution in [1.82, 2.24) is 14.5 Å². The number of benzene rings is 7. The molecule has 7 aromatic carbocycles. The van der Waals surface area contributed by atoms with Crippen LogP contribution in [0.2, 0.25) is 0 Å². The first-order chi connectivity index (χ1) is 25.8. The molecule has 0 fully saturated rings. The fourth-order valence-corrected chi connectivity index (χ4v) is 7.29. The highest BCUT2D eigenvalue weighted by Crippen LogP contribution is 2.39. The van der Waals surface area contributed by atoms with Gasteiger partial charge in [0.25, 0.3) is 0 Å². The fraction of sp³-hybridized carbons (Fsp3) is 0. The van der Waals surface area contributed by atoms with E-state index in [1.54, 1.807) is 0 Å². The van der Waals surface area contributed by atoms with Gasteiger partial charge in [0, 0.05) is 27.8 Å². The van der Waals surface area contributed by atoms with Gasteiger partial charge >= 0.3 is 0 Å². The zero-order valence-corrected chi connectivity index (χ0v) is 28.1. The molecule has 0 aliphatic heterocycles. The summed E-state index contributed by atoms with van der Waals surface area (Å²) in [5, 5.41) is 2.19. The molecule has 0 radical (unpaired) electrons. The Morgan fingerprint density at radius 2 is 0.904 bits per heavy atom. The second kappa shape index (κ2) is 12.4. The Bertz CT molecular complexity index is 2850. The van der Waals surface area contributed by atoms with Gasteiger partial charge in [0.2, 0.25) is 5.89 Å². The molecular weight excluding hydrogens is 635 g/mol. The van der Waals surface area contributed by atoms with Crippen molar-refractivity contribution in [3.63, 3.8) is 0 Å². The molecule has 0 aliphatic carbocycles. The molecule has 0 saturated carbocycles. The van der Waals surface area contributed by atoms with Gasteiger partial charge in [-0.25, -0.2) is 9.97 Å². The van der Waals surface area contributed by atoms with Crippen LogP contribution < -0.4 is 0 Å². The second-order valence-electron chi connectivity index (χ2n) is 13.0. The summed E-state index contributed by atoms with van der Waals surface area (Å²) in [6.07, 6.45) is 0. The van der Waals surface area contributed by atoms with Crippen molar-refractivity contribution in [1.29, 1.82) is 0 Å². The molecule has 3 heterocycles. The lowest BCUT2D eigenvalue weighted by Gasteiger charge is -2.12.